The van der Waals surface area contributed by atoms with Crippen molar-refractivity contribution in [2.75, 3.05) is 13.1 Å². The Morgan fingerprint density at radius 2 is 1.96 bits per heavy atom. The third-order valence-corrected chi connectivity index (χ3v) is 4.91. The molecule has 1 heterocycles. The van der Waals surface area contributed by atoms with Gasteiger partial charge >= 0.3 is 0 Å². The summed E-state index contributed by atoms with van der Waals surface area (Å²) in [7, 11) is 0. The quantitative estimate of drug-likeness (QED) is 0.744. The van der Waals surface area contributed by atoms with Crippen LogP contribution in [0.5, 0.6) is 0 Å². The van der Waals surface area contributed by atoms with Gasteiger partial charge < -0.3 is 11.1 Å². The van der Waals surface area contributed by atoms with E-state index in [1.165, 1.54) is 5.69 Å². The number of unbranched alkanes of at least 4 members (excludes halogenated alkanes) is 1. The molecule has 128 valence electrons. The van der Waals surface area contributed by atoms with Gasteiger partial charge in [-0.1, -0.05) is 15.9 Å². The lowest BCUT2D eigenvalue weighted by Crippen LogP contribution is -2.26. The first-order valence-electron chi connectivity index (χ1n) is 8.55. The van der Waals surface area contributed by atoms with Crippen LogP contribution < -0.4 is 11.1 Å². The summed E-state index contributed by atoms with van der Waals surface area (Å²) in [5.74, 6) is -0.0685. The number of nitrogens with zero attached hydrogens (tertiary/aromatic N) is 2. The molecule has 3 N–H and O–H groups in total. The lowest BCUT2D eigenvalue weighted by molar-refractivity contribution is 0.0946. The smallest absolute Gasteiger partial charge is 0.272 e. The molecule has 2 aromatic rings. The molecule has 6 heteroatoms. The van der Waals surface area contributed by atoms with Gasteiger partial charge in [0.05, 0.1) is 5.69 Å². The lowest BCUT2D eigenvalue weighted by atomic mass is 9.95. The fourth-order valence-electron chi connectivity index (χ4n) is 3.13. The highest BCUT2D eigenvalue weighted by atomic mass is 79.9. The Hall–Kier alpha value is -1.66. The van der Waals surface area contributed by atoms with Crippen LogP contribution in [0.15, 0.2) is 28.7 Å². The number of benzene rings is 1. The molecule has 0 saturated carbocycles. The third kappa shape index (κ3) is 3.70. The molecule has 0 saturated heterocycles. The average Bonchev–Trinajstić information content (AvgIpc) is 2.99. The topological polar surface area (TPSA) is 72.9 Å². The van der Waals surface area contributed by atoms with Gasteiger partial charge in [-0.15, -0.1) is 0 Å². The van der Waals surface area contributed by atoms with Crippen LogP contribution in [-0.4, -0.2) is 28.8 Å². The number of hydrogen-bond acceptors (Lipinski definition) is 3. The molecule has 0 bridgehead atoms. The highest BCUT2D eigenvalue weighted by molar-refractivity contribution is 9.10. The number of hydrogen-bond donors (Lipinski definition) is 2. The van der Waals surface area contributed by atoms with Gasteiger partial charge in [0.25, 0.3) is 5.91 Å². The molecule has 0 unspecified atom stereocenters. The second kappa shape index (κ2) is 7.94. The minimum atomic E-state index is -0.0685. The molecule has 0 aliphatic heterocycles. The number of aromatic nitrogens is 2. The molecule has 0 atom stereocenters. The number of rotatable bonds is 6. The number of nitrogens with two attached hydrogens (primary N) is 1. The van der Waals surface area contributed by atoms with Crippen molar-refractivity contribution in [2.24, 2.45) is 5.73 Å². The predicted octanol–water partition coefficient (Wildman–Crippen LogP) is 2.98. The van der Waals surface area contributed by atoms with E-state index in [1.54, 1.807) is 0 Å². The van der Waals surface area contributed by atoms with Crippen molar-refractivity contribution in [1.29, 1.82) is 0 Å². The van der Waals surface area contributed by atoms with Crippen molar-refractivity contribution < 1.29 is 4.79 Å². The van der Waals surface area contributed by atoms with Crippen LogP contribution in [0.25, 0.3) is 5.69 Å². The summed E-state index contributed by atoms with van der Waals surface area (Å²) in [5, 5.41) is 7.64. The fraction of sp³-hybridized carbons (Fsp3) is 0.444. The van der Waals surface area contributed by atoms with Crippen LogP contribution in [-0.2, 0) is 12.8 Å². The molecule has 1 aliphatic rings. The van der Waals surface area contributed by atoms with E-state index in [0.29, 0.717) is 18.8 Å². The summed E-state index contributed by atoms with van der Waals surface area (Å²) in [5.41, 5.74) is 9.36. The minimum Gasteiger partial charge on any atom is -0.351 e. The predicted molar refractivity (Wildman–Crippen MR) is 98.5 cm³/mol. The maximum absolute atomic E-state index is 12.6. The van der Waals surface area contributed by atoms with Gasteiger partial charge in [0, 0.05) is 22.3 Å². The molecule has 1 aromatic heterocycles. The van der Waals surface area contributed by atoms with Crippen molar-refractivity contribution in [3.05, 3.63) is 45.7 Å². The van der Waals surface area contributed by atoms with Crippen molar-refractivity contribution in [2.45, 2.75) is 38.5 Å². The second-order valence-corrected chi connectivity index (χ2v) is 7.04. The van der Waals surface area contributed by atoms with Crippen molar-refractivity contribution in [3.8, 4) is 5.69 Å². The van der Waals surface area contributed by atoms with Gasteiger partial charge in [-0.3, -0.25) is 4.79 Å². The zero-order valence-electron chi connectivity index (χ0n) is 13.7. The third-order valence-electron chi connectivity index (χ3n) is 4.38. The van der Waals surface area contributed by atoms with Gasteiger partial charge in [0.1, 0.15) is 0 Å². The van der Waals surface area contributed by atoms with Crippen LogP contribution in [0, 0.1) is 0 Å². The molecule has 1 amide bonds. The number of carbonyl (C=O) groups is 1. The summed E-state index contributed by atoms with van der Waals surface area (Å²) in [6.07, 6.45) is 5.99. The summed E-state index contributed by atoms with van der Waals surface area (Å²) in [6, 6.07) is 8.04. The highest BCUT2D eigenvalue weighted by Gasteiger charge is 2.25. The molecule has 1 aliphatic carbocycles. The van der Waals surface area contributed by atoms with Crippen molar-refractivity contribution in [3.63, 3.8) is 0 Å². The number of nitrogens with one attached hydrogen (secondary N) is 1. The SMILES string of the molecule is NCCCCNC(=O)c1nn(-c2ccc(Br)cc2)c2c1CCCC2. The Labute approximate surface area is 150 Å². The molecular formula is C18H23BrN4O. The van der Waals surface area contributed by atoms with Crippen LogP contribution in [0.2, 0.25) is 0 Å². The molecule has 0 fully saturated rings. The van der Waals surface area contributed by atoms with Gasteiger partial charge in [0.15, 0.2) is 5.69 Å². The van der Waals surface area contributed by atoms with Crippen LogP contribution in [0.4, 0.5) is 0 Å². The largest absolute Gasteiger partial charge is 0.351 e. The molecule has 0 radical (unpaired) electrons. The van der Waals surface area contributed by atoms with Gasteiger partial charge in [-0.2, -0.15) is 5.10 Å². The number of fused-ring (bicyclic) bond motifs is 1. The first-order chi connectivity index (χ1) is 11.7. The van der Waals surface area contributed by atoms with E-state index in [-0.39, 0.29) is 5.91 Å². The molecule has 1 aromatic carbocycles. The normalized spacial score (nSPS) is 13.6. The van der Waals surface area contributed by atoms with E-state index in [1.807, 2.05) is 28.9 Å². The van der Waals surface area contributed by atoms with Crippen LogP contribution >= 0.6 is 15.9 Å². The molecular weight excluding hydrogens is 368 g/mol. The fourth-order valence-corrected chi connectivity index (χ4v) is 3.40. The molecule has 3 rings (SSSR count). The molecule has 5 nitrogen and oxygen atoms in total. The molecule has 0 spiro atoms. The maximum Gasteiger partial charge on any atom is 0.272 e. The van der Waals surface area contributed by atoms with Crippen LogP contribution in [0.1, 0.15) is 47.4 Å². The summed E-state index contributed by atoms with van der Waals surface area (Å²) in [4.78, 5) is 12.6. The standard InChI is InChI=1S/C18H23BrN4O/c19-13-7-9-14(10-8-13)23-16-6-2-1-5-15(16)17(22-23)18(24)21-12-4-3-11-20/h7-10H,1-6,11-12,20H2,(H,21,24). The lowest BCUT2D eigenvalue weighted by Gasteiger charge is -2.14. The van der Waals surface area contributed by atoms with E-state index in [2.05, 4.69) is 26.3 Å². The Morgan fingerprint density at radius 3 is 2.71 bits per heavy atom. The van der Waals surface area contributed by atoms with E-state index < -0.39 is 0 Å². The number of amides is 1. The highest BCUT2D eigenvalue weighted by Crippen LogP contribution is 2.27. The summed E-state index contributed by atoms with van der Waals surface area (Å²) < 4.78 is 2.97. The van der Waals surface area contributed by atoms with E-state index in [4.69, 9.17) is 5.73 Å². The minimum absolute atomic E-state index is 0.0685. The van der Waals surface area contributed by atoms with Crippen molar-refractivity contribution in [1.82, 2.24) is 15.1 Å². The van der Waals surface area contributed by atoms with Crippen LogP contribution in [0.3, 0.4) is 0 Å². The zero-order chi connectivity index (χ0) is 16.9. The first kappa shape index (κ1) is 17.2. The zero-order valence-corrected chi connectivity index (χ0v) is 15.3. The number of halogens is 1. The Balaban J connectivity index is 1.87. The summed E-state index contributed by atoms with van der Waals surface area (Å²) in [6.45, 7) is 1.30. The monoisotopic (exact) mass is 390 g/mol. The number of carbonyl (C=O) groups excluding carboxylic acids is 1. The summed E-state index contributed by atoms with van der Waals surface area (Å²) >= 11 is 3.46. The van der Waals surface area contributed by atoms with Gasteiger partial charge in [-0.25, -0.2) is 4.68 Å². The van der Waals surface area contributed by atoms with E-state index >= 15 is 0 Å². The Morgan fingerprint density at radius 1 is 1.21 bits per heavy atom. The first-order valence-corrected chi connectivity index (χ1v) is 9.35. The van der Waals surface area contributed by atoms with Crippen molar-refractivity contribution >= 4 is 21.8 Å². The second-order valence-electron chi connectivity index (χ2n) is 6.12. The van der Waals surface area contributed by atoms with Gasteiger partial charge in [-0.05, 0) is 69.3 Å². The van der Waals surface area contributed by atoms with E-state index in [9.17, 15) is 4.79 Å². The van der Waals surface area contributed by atoms with E-state index in [0.717, 1.165) is 54.2 Å². The average molecular weight is 391 g/mol. The molecule has 24 heavy (non-hydrogen) atoms. The Kier molecular flexibility index (Phi) is 5.68. The Bertz CT molecular complexity index is 709. The maximum atomic E-state index is 12.6. The van der Waals surface area contributed by atoms with Gasteiger partial charge in [0.2, 0.25) is 0 Å².